The minimum atomic E-state index is 0.0900. The van der Waals surface area contributed by atoms with Crippen molar-refractivity contribution in [1.82, 2.24) is 10.2 Å². The lowest BCUT2D eigenvalue weighted by Crippen LogP contribution is -2.61. The summed E-state index contributed by atoms with van der Waals surface area (Å²) in [6.45, 7) is 5.41. The molecular formula is C12H20N2O. The van der Waals surface area contributed by atoms with Gasteiger partial charge in [0.05, 0.1) is 0 Å². The highest BCUT2D eigenvalue weighted by molar-refractivity contribution is 5.87. The minimum Gasteiger partial charge on any atom is -0.338 e. The lowest BCUT2D eigenvalue weighted by Gasteiger charge is -2.53. The molecule has 2 rings (SSSR count). The standard InChI is InChI=1S/C12H20N2O/c1-3-11(15)14-8-12(9-14)6-4-5-10(7-12)13-2/h3,10,13H,1,4-9H2,2H3. The van der Waals surface area contributed by atoms with Crippen molar-refractivity contribution in [3.05, 3.63) is 12.7 Å². The molecule has 0 aromatic heterocycles. The summed E-state index contributed by atoms with van der Waals surface area (Å²) in [5, 5.41) is 3.36. The molecular weight excluding hydrogens is 188 g/mol. The first-order valence-corrected chi connectivity index (χ1v) is 5.78. The van der Waals surface area contributed by atoms with Crippen molar-refractivity contribution in [2.45, 2.75) is 31.7 Å². The van der Waals surface area contributed by atoms with Crippen molar-refractivity contribution in [2.24, 2.45) is 5.41 Å². The van der Waals surface area contributed by atoms with E-state index < -0.39 is 0 Å². The first-order chi connectivity index (χ1) is 7.19. The Morgan fingerprint density at radius 3 is 2.93 bits per heavy atom. The van der Waals surface area contributed by atoms with E-state index in [0.29, 0.717) is 11.5 Å². The van der Waals surface area contributed by atoms with E-state index in [1.54, 1.807) is 0 Å². The van der Waals surface area contributed by atoms with Crippen LogP contribution in [0.4, 0.5) is 0 Å². The third-order valence-corrected chi connectivity index (χ3v) is 3.89. The van der Waals surface area contributed by atoms with Crippen LogP contribution in [0.3, 0.4) is 0 Å². The van der Waals surface area contributed by atoms with Gasteiger partial charge in [-0.2, -0.15) is 0 Å². The minimum absolute atomic E-state index is 0.0900. The van der Waals surface area contributed by atoms with Crippen LogP contribution in [0.1, 0.15) is 25.7 Å². The van der Waals surface area contributed by atoms with Gasteiger partial charge in [-0.15, -0.1) is 0 Å². The quantitative estimate of drug-likeness (QED) is 0.691. The van der Waals surface area contributed by atoms with Crippen molar-refractivity contribution in [3.8, 4) is 0 Å². The fourth-order valence-corrected chi connectivity index (χ4v) is 3.03. The summed E-state index contributed by atoms with van der Waals surface area (Å²) in [5.74, 6) is 0.0900. The number of amides is 1. The van der Waals surface area contributed by atoms with E-state index in [0.717, 1.165) is 13.1 Å². The van der Waals surface area contributed by atoms with Crippen LogP contribution >= 0.6 is 0 Å². The van der Waals surface area contributed by atoms with Crippen molar-refractivity contribution in [3.63, 3.8) is 0 Å². The molecule has 3 nitrogen and oxygen atoms in total. The summed E-state index contributed by atoms with van der Waals surface area (Å²) in [4.78, 5) is 13.3. The molecule has 1 amide bonds. The van der Waals surface area contributed by atoms with Crippen molar-refractivity contribution in [2.75, 3.05) is 20.1 Å². The number of carbonyl (C=O) groups is 1. The molecule has 0 radical (unpaired) electrons. The number of hydrogen-bond acceptors (Lipinski definition) is 2. The van der Waals surface area contributed by atoms with Gasteiger partial charge in [0, 0.05) is 24.5 Å². The van der Waals surface area contributed by atoms with Gasteiger partial charge in [-0.1, -0.05) is 13.0 Å². The van der Waals surface area contributed by atoms with Gasteiger partial charge in [0.15, 0.2) is 0 Å². The summed E-state index contributed by atoms with van der Waals surface area (Å²) in [6, 6.07) is 0.653. The summed E-state index contributed by atoms with van der Waals surface area (Å²) >= 11 is 0. The average Bonchev–Trinajstić information content (AvgIpc) is 2.24. The van der Waals surface area contributed by atoms with Crippen LogP contribution in [0.25, 0.3) is 0 Å². The first kappa shape index (κ1) is 10.7. The van der Waals surface area contributed by atoms with Gasteiger partial charge in [0.25, 0.3) is 0 Å². The molecule has 2 fully saturated rings. The molecule has 0 aromatic carbocycles. The monoisotopic (exact) mass is 208 g/mol. The molecule has 1 aliphatic carbocycles. The molecule has 15 heavy (non-hydrogen) atoms. The Labute approximate surface area is 91.5 Å². The Hall–Kier alpha value is -0.830. The van der Waals surface area contributed by atoms with Crippen LogP contribution < -0.4 is 5.32 Å². The highest BCUT2D eigenvalue weighted by Gasteiger charge is 2.46. The molecule has 84 valence electrons. The SMILES string of the molecule is C=CC(=O)N1CC2(CCCC(NC)C2)C1. The normalized spacial score (nSPS) is 28.6. The average molecular weight is 208 g/mol. The van der Waals surface area contributed by atoms with E-state index in [9.17, 15) is 4.79 Å². The third kappa shape index (κ3) is 1.93. The predicted octanol–water partition coefficient (Wildman–Crippen LogP) is 1.16. The molecule has 0 aromatic rings. The Kier molecular flexibility index (Phi) is 2.83. The van der Waals surface area contributed by atoms with E-state index in [-0.39, 0.29) is 5.91 Å². The zero-order valence-corrected chi connectivity index (χ0v) is 9.46. The summed E-state index contributed by atoms with van der Waals surface area (Å²) in [7, 11) is 2.04. The maximum Gasteiger partial charge on any atom is 0.245 e. The van der Waals surface area contributed by atoms with Gasteiger partial charge < -0.3 is 10.2 Å². The second kappa shape index (κ2) is 3.97. The molecule has 1 aliphatic heterocycles. The molecule has 1 spiro atoms. The highest BCUT2D eigenvalue weighted by Crippen LogP contribution is 2.43. The first-order valence-electron chi connectivity index (χ1n) is 5.78. The molecule has 3 heteroatoms. The zero-order chi connectivity index (χ0) is 10.9. The molecule has 1 N–H and O–H groups in total. The van der Waals surface area contributed by atoms with Gasteiger partial charge >= 0.3 is 0 Å². The summed E-state index contributed by atoms with van der Waals surface area (Å²) in [5.41, 5.74) is 0.421. The molecule has 1 saturated heterocycles. The van der Waals surface area contributed by atoms with Gasteiger partial charge in [0.2, 0.25) is 5.91 Å². The van der Waals surface area contributed by atoms with Crippen molar-refractivity contribution in [1.29, 1.82) is 0 Å². The molecule has 2 aliphatic rings. The van der Waals surface area contributed by atoms with Crippen LogP contribution in [0.15, 0.2) is 12.7 Å². The highest BCUT2D eigenvalue weighted by atomic mass is 16.2. The number of likely N-dealkylation sites (tertiary alicyclic amines) is 1. The van der Waals surface area contributed by atoms with Gasteiger partial charge in [-0.25, -0.2) is 0 Å². The lowest BCUT2D eigenvalue weighted by atomic mass is 9.67. The van der Waals surface area contributed by atoms with Crippen LogP contribution in [0.5, 0.6) is 0 Å². The Balaban J connectivity index is 1.90. The van der Waals surface area contributed by atoms with Crippen molar-refractivity contribution < 1.29 is 4.79 Å². The topological polar surface area (TPSA) is 32.3 Å². The zero-order valence-electron chi connectivity index (χ0n) is 9.46. The fourth-order valence-electron chi connectivity index (χ4n) is 3.03. The molecule has 1 heterocycles. The predicted molar refractivity (Wildman–Crippen MR) is 60.5 cm³/mol. The molecule has 1 saturated carbocycles. The fraction of sp³-hybridized carbons (Fsp3) is 0.750. The Bertz CT molecular complexity index is 269. The van der Waals surface area contributed by atoms with Crippen LogP contribution in [0, 0.1) is 5.41 Å². The smallest absolute Gasteiger partial charge is 0.245 e. The molecule has 0 bridgehead atoms. The number of nitrogens with one attached hydrogen (secondary N) is 1. The van der Waals surface area contributed by atoms with Crippen molar-refractivity contribution >= 4 is 5.91 Å². The van der Waals surface area contributed by atoms with Gasteiger partial charge in [-0.05, 0) is 32.4 Å². The van der Waals surface area contributed by atoms with Crippen LogP contribution in [0.2, 0.25) is 0 Å². The number of rotatable bonds is 2. The van der Waals surface area contributed by atoms with Gasteiger partial charge in [-0.3, -0.25) is 4.79 Å². The van der Waals surface area contributed by atoms with Crippen LogP contribution in [-0.2, 0) is 4.79 Å². The molecule has 1 unspecified atom stereocenters. The number of hydrogen-bond donors (Lipinski definition) is 1. The van der Waals surface area contributed by atoms with E-state index in [1.165, 1.54) is 31.8 Å². The van der Waals surface area contributed by atoms with Crippen LogP contribution in [-0.4, -0.2) is 37.0 Å². The van der Waals surface area contributed by atoms with E-state index in [4.69, 9.17) is 0 Å². The van der Waals surface area contributed by atoms with Gasteiger partial charge in [0.1, 0.15) is 0 Å². The van der Waals surface area contributed by atoms with E-state index >= 15 is 0 Å². The summed E-state index contributed by atoms with van der Waals surface area (Å²) < 4.78 is 0. The Morgan fingerprint density at radius 2 is 2.33 bits per heavy atom. The largest absolute Gasteiger partial charge is 0.338 e. The number of carbonyl (C=O) groups excluding carboxylic acids is 1. The number of nitrogens with zero attached hydrogens (tertiary/aromatic N) is 1. The Morgan fingerprint density at radius 1 is 1.60 bits per heavy atom. The molecule has 1 atom stereocenters. The second-order valence-electron chi connectivity index (χ2n) is 4.98. The third-order valence-electron chi connectivity index (χ3n) is 3.89. The van der Waals surface area contributed by atoms with E-state index in [2.05, 4.69) is 11.9 Å². The lowest BCUT2D eigenvalue weighted by molar-refractivity contribution is -0.140. The maximum absolute atomic E-state index is 11.4. The summed E-state index contributed by atoms with van der Waals surface area (Å²) in [6.07, 6.45) is 6.51. The second-order valence-corrected chi connectivity index (χ2v) is 4.98. The maximum atomic E-state index is 11.4. The van der Waals surface area contributed by atoms with E-state index in [1.807, 2.05) is 11.9 Å².